The number of allylic oxidation sites excluding steroid dienone is 3. The van der Waals surface area contributed by atoms with Gasteiger partial charge in [0.25, 0.3) is 0 Å². The molecule has 0 bridgehead atoms. The number of ether oxygens (including phenoxy) is 1. The van der Waals surface area contributed by atoms with Gasteiger partial charge in [0.05, 0.1) is 7.11 Å². The Bertz CT molecular complexity index is 639. The van der Waals surface area contributed by atoms with Crippen molar-refractivity contribution in [2.24, 2.45) is 22.7 Å². The van der Waals surface area contributed by atoms with Crippen LogP contribution in [0.5, 0.6) is 0 Å². The van der Waals surface area contributed by atoms with Crippen LogP contribution in [0.3, 0.4) is 0 Å². The van der Waals surface area contributed by atoms with Crippen LogP contribution >= 0.6 is 0 Å². The number of esters is 1. The van der Waals surface area contributed by atoms with Crippen molar-refractivity contribution in [2.45, 2.75) is 66.2 Å². The van der Waals surface area contributed by atoms with Crippen LogP contribution in [-0.2, 0) is 14.3 Å². The van der Waals surface area contributed by atoms with Gasteiger partial charge in [0.15, 0.2) is 0 Å². The highest BCUT2D eigenvalue weighted by Crippen LogP contribution is 2.62. The topological polar surface area (TPSA) is 43.4 Å². The maximum absolute atomic E-state index is 13.1. The Hall–Kier alpha value is -1.38. The van der Waals surface area contributed by atoms with Gasteiger partial charge in [-0.3, -0.25) is 4.79 Å². The van der Waals surface area contributed by atoms with Crippen LogP contribution < -0.4 is 0 Å². The van der Waals surface area contributed by atoms with Crippen LogP contribution in [0.4, 0.5) is 0 Å². The van der Waals surface area contributed by atoms with Gasteiger partial charge >= 0.3 is 5.97 Å². The van der Waals surface area contributed by atoms with Gasteiger partial charge < -0.3 is 4.74 Å². The van der Waals surface area contributed by atoms with Crippen LogP contribution in [0.2, 0.25) is 0 Å². The normalized spacial score (nSPS) is 36.2. The Kier molecular flexibility index (Phi) is 4.26. The second-order valence-corrected chi connectivity index (χ2v) is 8.68. The summed E-state index contributed by atoms with van der Waals surface area (Å²) in [5, 5.41) is 0. The number of hydrogen-bond donors (Lipinski definition) is 0. The minimum absolute atomic E-state index is 0.214. The number of carbonyl (C=O) groups excluding carboxylic acids is 2. The summed E-state index contributed by atoms with van der Waals surface area (Å²) >= 11 is 0. The van der Waals surface area contributed by atoms with E-state index >= 15 is 0 Å². The van der Waals surface area contributed by atoms with Gasteiger partial charge in [-0.15, -0.1) is 0 Å². The Labute approximate surface area is 145 Å². The smallest absolute Gasteiger partial charge is 0.333 e. The number of methoxy groups -OCH3 is 1. The molecule has 0 aromatic carbocycles. The molecule has 0 aliphatic heterocycles. The number of fused-ring (bicyclic) bond motifs is 3. The summed E-state index contributed by atoms with van der Waals surface area (Å²) in [6.45, 7) is 9.07. The van der Waals surface area contributed by atoms with Crippen molar-refractivity contribution in [2.75, 3.05) is 7.11 Å². The van der Waals surface area contributed by atoms with E-state index in [4.69, 9.17) is 4.74 Å². The minimum atomic E-state index is -0.349. The SMILES string of the molecule is COC(=O)C1=CC[C@@H]2C3=C(C(C)C)CC[C@]3(C)CC[C@@]2(C)C(=O)C1. The van der Waals surface area contributed by atoms with Gasteiger partial charge in [0.1, 0.15) is 5.78 Å². The lowest BCUT2D eigenvalue weighted by Gasteiger charge is -2.48. The lowest BCUT2D eigenvalue weighted by atomic mass is 9.54. The molecule has 0 N–H and O–H groups in total. The molecule has 0 aromatic heterocycles. The van der Waals surface area contributed by atoms with E-state index in [1.807, 2.05) is 6.08 Å². The van der Waals surface area contributed by atoms with Crippen LogP contribution in [0.15, 0.2) is 22.8 Å². The quantitative estimate of drug-likeness (QED) is 0.548. The lowest BCUT2D eigenvalue weighted by molar-refractivity contribution is -0.138. The van der Waals surface area contributed by atoms with Gasteiger partial charge in [-0.25, -0.2) is 4.79 Å². The molecule has 3 aliphatic carbocycles. The van der Waals surface area contributed by atoms with E-state index in [9.17, 15) is 9.59 Å². The Balaban J connectivity index is 2.09. The minimum Gasteiger partial charge on any atom is -0.466 e. The van der Waals surface area contributed by atoms with Gasteiger partial charge in [0.2, 0.25) is 0 Å². The van der Waals surface area contributed by atoms with Crippen molar-refractivity contribution < 1.29 is 14.3 Å². The second kappa shape index (κ2) is 5.86. The highest BCUT2D eigenvalue weighted by molar-refractivity contribution is 5.98. The van der Waals surface area contributed by atoms with Crippen molar-refractivity contribution in [3.63, 3.8) is 0 Å². The number of Topliss-reactive ketones (excluding diaryl/α,β-unsaturated/α-hetero) is 1. The molecule has 3 heteroatoms. The summed E-state index contributed by atoms with van der Waals surface area (Å²) in [6.07, 6.45) is 7.39. The first-order valence-electron chi connectivity index (χ1n) is 9.27. The van der Waals surface area contributed by atoms with E-state index < -0.39 is 0 Å². The lowest BCUT2D eigenvalue weighted by Crippen LogP contribution is -2.44. The summed E-state index contributed by atoms with van der Waals surface area (Å²) < 4.78 is 4.87. The molecule has 3 aliphatic rings. The summed E-state index contributed by atoms with van der Waals surface area (Å²) in [5.74, 6) is 0.640. The molecule has 1 fully saturated rings. The average Bonchev–Trinajstić information content (AvgIpc) is 2.83. The summed E-state index contributed by atoms with van der Waals surface area (Å²) in [7, 11) is 1.39. The zero-order valence-electron chi connectivity index (χ0n) is 15.7. The molecule has 0 radical (unpaired) electrons. The Morgan fingerprint density at radius 1 is 1.25 bits per heavy atom. The number of rotatable bonds is 2. The fourth-order valence-electron chi connectivity index (χ4n) is 5.31. The third-order valence-corrected chi connectivity index (χ3v) is 6.99. The highest BCUT2D eigenvalue weighted by atomic mass is 16.5. The molecule has 3 nitrogen and oxygen atoms in total. The maximum atomic E-state index is 13.1. The molecule has 0 aromatic rings. The predicted molar refractivity (Wildman–Crippen MR) is 94.4 cm³/mol. The van der Waals surface area contributed by atoms with Crippen LogP contribution in [0.25, 0.3) is 0 Å². The third-order valence-electron chi connectivity index (χ3n) is 6.99. The zero-order chi connectivity index (χ0) is 17.7. The molecule has 0 saturated heterocycles. The molecule has 3 atom stereocenters. The van der Waals surface area contributed by atoms with Gasteiger partial charge in [0, 0.05) is 17.4 Å². The second-order valence-electron chi connectivity index (χ2n) is 8.68. The molecule has 0 amide bonds. The van der Waals surface area contributed by atoms with E-state index in [2.05, 4.69) is 27.7 Å². The third kappa shape index (κ3) is 2.48. The Morgan fingerprint density at radius 2 is 1.96 bits per heavy atom. The highest BCUT2D eigenvalue weighted by Gasteiger charge is 2.54. The monoisotopic (exact) mass is 330 g/mol. The molecule has 3 rings (SSSR count). The number of carbonyl (C=O) groups is 2. The maximum Gasteiger partial charge on any atom is 0.333 e. The molecule has 0 heterocycles. The Morgan fingerprint density at radius 3 is 2.58 bits per heavy atom. The summed E-state index contributed by atoms with van der Waals surface area (Å²) in [5.41, 5.74) is 3.56. The van der Waals surface area contributed by atoms with E-state index in [1.54, 1.807) is 11.1 Å². The first kappa shape index (κ1) is 17.4. The van der Waals surface area contributed by atoms with E-state index in [-0.39, 0.29) is 34.9 Å². The molecule has 0 unspecified atom stereocenters. The zero-order valence-corrected chi connectivity index (χ0v) is 15.7. The molecular weight excluding hydrogens is 300 g/mol. The molecule has 132 valence electrons. The summed E-state index contributed by atoms with van der Waals surface area (Å²) in [4.78, 5) is 25.1. The van der Waals surface area contributed by atoms with Crippen molar-refractivity contribution in [1.82, 2.24) is 0 Å². The first-order valence-corrected chi connectivity index (χ1v) is 9.27. The average molecular weight is 330 g/mol. The van der Waals surface area contributed by atoms with Gasteiger partial charge in [-0.05, 0) is 49.4 Å². The number of ketones is 1. The van der Waals surface area contributed by atoms with E-state index in [0.717, 1.165) is 25.7 Å². The molecule has 1 saturated carbocycles. The van der Waals surface area contributed by atoms with Crippen molar-refractivity contribution in [1.29, 1.82) is 0 Å². The van der Waals surface area contributed by atoms with Gasteiger partial charge in [-0.2, -0.15) is 0 Å². The fourth-order valence-corrected chi connectivity index (χ4v) is 5.31. The van der Waals surface area contributed by atoms with Crippen LogP contribution in [0, 0.1) is 22.7 Å². The summed E-state index contributed by atoms with van der Waals surface area (Å²) in [6, 6.07) is 0. The molecule has 0 spiro atoms. The fraction of sp³-hybridized carbons (Fsp3) is 0.714. The predicted octanol–water partition coefficient (Wildman–Crippen LogP) is 4.62. The molecule has 24 heavy (non-hydrogen) atoms. The van der Waals surface area contributed by atoms with Crippen molar-refractivity contribution in [3.8, 4) is 0 Å². The van der Waals surface area contributed by atoms with Crippen LogP contribution in [-0.4, -0.2) is 18.9 Å². The van der Waals surface area contributed by atoms with E-state index in [1.165, 1.54) is 13.5 Å². The van der Waals surface area contributed by atoms with E-state index in [0.29, 0.717) is 11.5 Å². The molecular formula is C21H30O3. The first-order chi connectivity index (χ1) is 11.2. The largest absolute Gasteiger partial charge is 0.466 e. The van der Waals surface area contributed by atoms with Crippen molar-refractivity contribution >= 4 is 11.8 Å². The van der Waals surface area contributed by atoms with Crippen molar-refractivity contribution in [3.05, 3.63) is 22.8 Å². The van der Waals surface area contributed by atoms with Crippen LogP contribution in [0.1, 0.15) is 66.2 Å². The number of hydrogen-bond acceptors (Lipinski definition) is 3. The standard InChI is InChI=1S/C21H30O3/c1-13(2)15-8-9-20(3)10-11-21(4)16(18(15)20)7-6-14(12-17(21)22)19(23)24-5/h6,13,16H,7-12H2,1-5H3/t16-,20-,21-/m1/s1. The van der Waals surface area contributed by atoms with Gasteiger partial charge in [-0.1, -0.05) is 44.9 Å².